The molecule has 0 heterocycles. The van der Waals surface area contributed by atoms with Gasteiger partial charge in [0.15, 0.2) is 0 Å². The van der Waals surface area contributed by atoms with E-state index in [2.05, 4.69) is 58.5 Å². The fourth-order valence-electron chi connectivity index (χ4n) is 3.98. The van der Waals surface area contributed by atoms with Crippen LogP contribution >= 0.6 is 0 Å². The zero-order chi connectivity index (χ0) is 27.5. The van der Waals surface area contributed by atoms with E-state index in [0.29, 0.717) is 22.4 Å². The predicted octanol–water partition coefficient (Wildman–Crippen LogP) is 5.00. The Hall–Kier alpha value is -4.53. The second-order valence-electron chi connectivity index (χ2n) is 8.48. The van der Waals surface area contributed by atoms with Crippen molar-refractivity contribution in [3.05, 3.63) is 77.4 Å². The zero-order valence-corrected chi connectivity index (χ0v) is 22.3. The van der Waals surface area contributed by atoms with E-state index >= 15 is 0 Å². The molecule has 0 aliphatic carbocycles. The maximum absolute atomic E-state index is 12.6. The standard InChI is InChI=1S/C29H36N6O3/c1-5-34(6-2)25-14-12-22(27(36)17-25)19-30-32-24-11-9-10-21(16-24)29(38)33-31-20-23-13-15-26(18-28(23)37)35(7-3)8-4/h9-20,32,36-37H,5-8H2,1-4H3,(H,33,38)/b30-19+,31-20+. The van der Waals surface area contributed by atoms with E-state index in [0.717, 1.165) is 37.6 Å². The van der Waals surface area contributed by atoms with E-state index in [1.807, 2.05) is 18.2 Å². The summed E-state index contributed by atoms with van der Waals surface area (Å²) in [4.78, 5) is 16.8. The molecule has 1 amide bonds. The number of hydrogen-bond donors (Lipinski definition) is 4. The fourth-order valence-corrected chi connectivity index (χ4v) is 3.98. The van der Waals surface area contributed by atoms with Gasteiger partial charge in [-0.3, -0.25) is 10.2 Å². The van der Waals surface area contributed by atoms with Crippen molar-refractivity contribution in [1.82, 2.24) is 5.43 Å². The largest absolute Gasteiger partial charge is 0.507 e. The smallest absolute Gasteiger partial charge is 0.271 e. The van der Waals surface area contributed by atoms with Gasteiger partial charge in [-0.1, -0.05) is 6.07 Å². The molecule has 3 aromatic carbocycles. The molecule has 0 aliphatic heterocycles. The number of anilines is 3. The summed E-state index contributed by atoms with van der Waals surface area (Å²) in [7, 11) is 0. The van der Waals surface area contributed by atoms with Crippen molar-refractivity contribution in [3.63, 3.8) is 0 Å². The van der Waals surface area contributed by atoms with Gasteiger partial charge in [0, 0.05) is 66.4 Å². The average Bonchev–Trinajstić information content (AvgIpc) is 2.92. The summed E-state index contributed by atoms with van der Waals surface area (Å²) in [5.41, 5.74) is 9.29. The third-order valence-electron chi connectivity index (χ3n) is 6.18. The van der Waals surface area contributed by atoms with E-state index in [4.69, 9.17) is 0 Å². The highest BCUT2D eigenvalue weighted by molar-refractivity contribution is 5.96. The van der Waals surface area contributed by atoms with Gasteiger partial charge in [0.05, 0.1) is 18.1 Å². The summed E-state index contributed by atoms with van der Waals surface area (Å²) in [5.74, 6) is -0.178. The Morgan fingerprint density at radius 3 is 1.79 bits per heavy atom. The van der Waals surface area contributed by atoms with Gasteiger partial charge in [0.1, 0.15) is 11.5 Å². The fraction of sp³-hybridized carbons (Fsp3) is 0.276. The van der Waals surface area contributed by atoms with Crippen LogP contribution in [0.15, 0.2) is 70.9 Å². The molecular weight excluding hydrogens is 480 g/mol. The Morgan fingerprint density at radius 1 is 0.763 bits per heavy atom. The molecule has 9 nitrogen and oxygen atoms in total. The highest BCUT2D eigenvalue weighted by atomic mass is 16.3. The van der Waals surface area contributed by atoms with Gasteiger partial charge >= 0.3 is 0 Å². The maximum Gasteiger partial charge on any atom is 0.271 e. The molecule has 0 aromatic heterocycles. The number of hydrazone groups is 2. The highest BCUT2D eigenvalue weighted by Gasteiger charge is 2.08. The first kappa shape index (κ1) is 28.0. The molecule has 0 aliphatic rings. The van der Waals surface area contributed by atoms with Crippen LogP contribution in [0.2, 0.25) is 0 Å². The molecule has 0 bridgehead atoms. The second kappa shape index (κ2) is 13.7. The van der Waals surface area contributed by atoms with Gasteiger partial charge in [-0.2, -0.15) is 10.2 Å². The monoisotopic (exact) mass is 516 g/mol. The lowest BCUT2D eigenvalue weighted by Crippen LogP contribution is -2.21. The van der Waals surface area contributed by atoms with E-state index in [1.54, 1.807) is 42.5 Å². The van der Waals surface area contributed by atoms with Crippen molar-refractivity contribution in [3.8, 4) is 11.5 Å². The molecule has 0 saturated carbocycles. The number of aromatic hydroxyl groups is 2. The van der Waals surface area contributed by atoms with Crippen molar-refractivity contribution in [1.29, 1.82) is 0 Å². The first-order valence-corrected chi connectivity index (χ1v) is 12.8. The van der Waals surface area contributed by atoms with Crippen LogP contribution in [0.1, 0.15) is 49.2 Å². The Labute approximate surface area is 224 Å². The van der Waals surface area contributed by atoms with Crippen LogP contribution in [-0.4, -0.2) is 54.7 Å². The minimum atomic E-state index is -0.405. The molecule has 9 heteroatoms. The molecule has 0 fully saturated rings. The number of nitrogens with one attached hydrogen (secondary N) is 2. The van der Waals surface area contributed by atoms with Crippen LogP contribution in [0.3, 0.4) is 0 Å². The number of benzene rings is 3. The molecule has 0 atom stereocenters. The molecule has 0 unspecified atom stereocenters. The van der Waals surface area contributed by atoms with Crippen molar-refractivity contribution in [2.75, 3.05) is 41.4 Å². The first-order chi connectivity index (χ1) is 18.4. The van der Waals surface area contributed by atoms with E-state index in [1.165, 1.54) is 12.4 Å². The Kier molecular flexibility index (Phi) is 10.1. The number of amides is 1. The SMILES string of the molecule is CCN(CC)c1ccc(/C=N/NC(=O)c2cccc(N/N=C/c3ccc(N(CC)CC)cc3O)c2)c(O)c1. The lowest BCUT2D eigenvalue weighted by Gasteiger charge is -2.21. The number of nitrogens with zero attached hydrogens (tertiary/aromatic N) is 4. The van der Waals surface area contributed by atoms with Crippen LogP contribution in [0.5, 0.6) is 11.5 Å². The van der Waals surface area contributed by atoms with Crippen LogP contribution < -0.4 is 20.7 Å². The maximum atomic E-state index is 12.6. The summed E-state index contributed by atoms with van der Waals surface area (Å²) >= 11 is 0. The van der Waals surface area contributed by atoms with Crippen LogP contribution in [-0.2, 0) is 0 Å². The Bertz CT molecular complexity index is 1280. The number of hydrogen-bond acceptors (Lipinski definition) is 8. The molecule has 4 N–H and O–H groups in total. The minimum absolute atomic E-state index is 0.0881. The highest BCUT2D eigenvalue weighted by Crippen LogP contribution is 2.24. The zero-order valence-electron chi connectivity index (χ0n) is 22.3. The summed E-state index contributed by atoms with van der Waals surface area (Å²) in [6.07, 6.45) is 2.93. The number of carbonyl (C=O) groups excluding carboxylic acids is 1. The summed E-state index contributed by atoms with van der Waals surface area (Å²) in [6, 6.07) is 17.6. The predicted molar refractivity (Wildman–Crippen MR) is 156 cm³/mol. The molecule has 200 valence electrons. The summed E-state index contributed by atoms with van der Waals surface area (Å²) < 4.78 is 0. The van der Waals surface area contributed by atoms with Gasteiger partial charge in [-0.05, 0) is 70.2 Å². The summed E-state index contributed by atoms with van der Waals surface area (Å²) in [5, 5.41) is 28.9. The molecule has 0 saturated heterocycles. The lowest BCUT2D eigenvalue weighted by molar-refractivity contribution is 0.0955. The Morgan fingerprint density at radius 2 is 1.29 bits per heavy atom. The number of phenolic OH excluding ortho intramolecular Hbond substituents is 2. The molecule has 0 spiro atoms. The van der Waals surface area contributed by atoms with Crippen LogP contribution in [0.25, 0.3) is 0 Å². The average molecular weight is 517 g/mol. The van der Waals surface area contributed by atoms with E-state index < -0.39 is 5.91 Å². The van der Waals surface area contributed by atoms with Crippen molar-refractivity contribution >= 4 is 35.4 Å². The lowest BCUT2D eigenvalue weighted by atomic mass is 10.2. The third-order valence-corrected chi connectivity index (χ3v) is 6.18. The number of carbonyl (C=O) groups is 1. The van der Waals surface area contributed by atoms with Crippen molar-refractivity contribution in [2.24, 2.45) is 10.2 Å². The molecule has 3 aromatic rings. The van der Waals surface area contributed by atoms with Crippen molar-refractivity contribution in [2.45, 2.75) is 27.7 Å². The van der Waals surface area contributed by atoms with E-state index in [9.17, 15) is 15.0 Å². The first-order valence-electron chi connectivity index (χ1n) is 12.8. The Balaban J connectivity index is 1.60. The minimum Gasteiger partial charge on any atom is -0.507 e. The molecule has 0 radical (unpaired) electrons. The van der Waals surface area contributed by atoms with E-state index in [-0.39, 0.29) is 11.5 Å². The van der Waals surface area contributed by atoms with Crippen LogP contribution in [0.4, 0.5) is 17.1 Å². The quantitative estimate of drug-likeness (QED) is 0.199. The van der Waals surface area contributed by atoms with Crippen molar-refractivity contribution < 1.29 is 15.0 Å². The second-order valence-corrected chi connectivity index (χ2v) is 8.48. The van der Waals surface area contributed by atoms with Gasteiger partial charge in [0.2, 0.25) is 0 Å². The third kappa shape index (κ3) is 7.25. The molecule has 3 rings (SSSR count). The summed E-state index contributed by atoms with van der Waals surface area (Å²) in [6.45, 7) is 11.6. The van der Waals surface area contributed by atoms with Gasteiger partial charge in [-0.15, -0.1) is 0 Å². The van der Waals surface area contributed by atoms with Crippen LogP contribution in [0, 0.1) is 0 Å². The molecule has 38 heavy (non-hydrogen) atoms. The van der Waals surface area contributed by atoms with Gasteiger partial charge < -0.3 is 20.0 Å². The van der Waals surface area contributed by atoms with Gasteiger partial charge in [-0.25, -0.2) is 5.43 Å². The van der Waals surface area contributed by atoms with Gasteiger partial charge in [0.25, 0.3) is 5.91 Å². The molecular formula is C29H36N6O3. The number of rotatable bonds is 12. The topological polar surface area (TPSA) is 113 Å². The number of phenols is 2. The normalized spacial score (nSPS) is 11.2.